The van der Waals surface area contributed by atoms with Crippen LogP contribution in [-0.2, 0) is 16.1 Å². The summed E-state index contributed by atoms with van der Waals surface area (Å²) in [6.07, 6.45) is 1.73. The molecule has 3 heterocycles. The van der Waals surface area contributed by atoms with Gasteiger partial charge in [0, 0.05) is 58.1 Å². The van der Waals surface area contributed by atoms with Gasteiger partial charge in [-0.3, -0.25) is 14.6 Å². The van der Waals surface area contributed by atoms with Crippen LogP contribution in [0.5, 0.6) is 0 Å². The topological polar surface area (TPSA) is 56.8 Å². The molecular formula is C21H24N4O2. The van der Waals surface area contributed by atoms with Crippen molar-refractivity contribution in [3.63, 3.8) is 0 Å². The molecule has 2 aliphatic rings. The molecule has 0 spiro atoms. The summed E-state index contributed by atoms with van der Waals surface area (Å²) in [7, 11) is 0. The second-order valence-electron chi connectivity index (χ2n) is 7.15. The molecule has 0 bridgehead atoms. The first kappa shape index (κ1) is 17.5. The quantitative estimate of drug-likeness (QED) is 0.816. The summed E-state index contributed by atoms with van der Waals surface area (Å²) >= 11 is 0. The zero-order chi connectivity index (χ0) is 18.8. The van der Waals surface area contributed by atoms with E-state index in [1.165, 1.54) is 5.69 Å². The first-order valence-corrected chi connectivity index (χ1v) is 9.41. The van der Waals surface area contributed by atoms with Gasteiger partial charge in [-0.15, -0.1) is 0 Å². The summed E-state index contributed by atoms with van der Waals surface area (Å²) in [5, 5.41) is 0. The van der Waals surface area contributed by atoms with E-state index in [1.807, 2.05) is 35.2 Å². The van der Waals surface area contributed by atoms with E-state index >= 15 is 0 Å². The van der Waals surface area contributed by atoms with Gasteiger partial charge in [0.05, 0.1) is 11.6 Å². The number of hydrogen-bond donors (Lipinski definition) is 0. The zero-order valence-electron chi connectivity index (χ0n) is 15.5. The lowest BCUT2D eigenvalue weighted by atomic mass is 9.93. The SMILES string of the molecule is CC(=O)N1Cc2cccnc2C(C(=O)N2CCN(c3ccccc3)CC2)C1. The Labute approximate surface area is 159 Å². The van der Waals surface area contributed by atoms with Crippen LogP contribution in [0.3, 0.4) is 0 Å². The summed E-state index contributed by atoms with van der Waals surface area (Å²) in [6, 6.07) is 14.1. The smallest absolute Gasteiger partial charge is 0.233 e. The van der Waals surface area contributed by atoms with Crippen LogP contribution >= 0.6 is 0 Å². The van der Waals surface area contributed by atoms with Gasteiger partial charge in [0.1, 0.15) is 0 Å². The maximum absolute atomic E-state index is 13.3. The number of fused-ring (bicyclic) bond motifs is 1. The summed E-state index contributed by atoms with van der Waals surface area (Å²) in [5.41, 5.74) is 2.99. The maximum atomic E-state index is 13.3. The number of piperazine rings is 1. The summed E-state index contributed by atoms with van der Waals surface area (Å²) < 4.78 is 0. The monoisotopic (exact) mass is 364 g/mol. The van der Waals surface area contributed by atoms with Crippen molar-refractivity contribution in [3.8, 4) is 0 Å². The lowest BCUT2D eigenvalue weighted by Crippen LogP contribution is -2.52. The Morgan fingerprint density at radius 1 is 0.963 bits per heavy atom. The molecule has 4 rings (SSSR count). The average Bonchev–Trinajstić information content (AvgIpc) is 2.73. The fourth-order valence-electron chi connectivity index (χ4n) is 3.95. The van der Waals surface area contributed by atoms with Gasteiger partial charge in [0.25, 0.3) is 0 Å². The van der Waals surface area contributed by atoms with Crippen molar-refractivity contribution >= 4 is 17.5 Å². The molecule has 1 aromatic carbocycles. The van der Waals surface area contributed by atoms with Crippen LogP contribution in [0.15, 0.2) is 48.7 Å². The molecule has 0 saturated carbocycles. The van der Waals surface area contributed by atoms with Crippen LogP contribution < -0.4 is 4.90 Å². The van der Waals surface area contributed by atoms with Crippen molar-refractivity contribution < 1.29 is 9.59 Å². The standard InChI is InChI=1S/C21H24N4O2/c1-16(26)25-14-17-6-5-9-22-20(17)19(15-25)21(27)24-12-10-23(11-13-24)18-7-3-2-4-8-18/h2-9,19H,10-15H2,1H3. The Morgan fingerprint density at radius 3 is 2.41 bits per heavy atom. The van der Waals surface area contributed by atoms with Gasteiger partial charge in [-0.2, -0.15) is 0 Å². The first-order chi connectivity index (χ1) is 13.1. The van der Waals surface area contributed by atoms with Crippen LogP contribution in [0.4, 0.5) is 5.69 Å². The molecule has 6 nitrogen and oxygen atoms in total. The number of nitrogens with zero attached hydrogens (tertiary/aromatic N) is 4. The number of amides is 2. The van der Waals surface area contributed by atoms with Gasteiger partial charge >= 0.3 is 0 Å². The molecule has 2 aromatic rings. The third-order valence-corrected chi connectivity index (χ3v) is 5.48. The average molecular weight is 364 g/mol. The number of aromatic nitrogens is 1. The highest BCUT2D eigenvalue weighted by molar-refractivity contribution is 5.86. The van der Waals surface area contributed by atoms with Crippen molar-refractivity contribution in [3.05, 3.63) is 59.9 Å². The molecule has 6 heteroatoms. The van der Waals surface area contributed by atoms with Crippen molar-refractivity contribution in [1.29, 1.82) is 0 Å². The van der Waals surface area contributed by atoms with E-state index in [9.17, 15) is 9.59 Å². The first-order valence-electron chi connectivity index (χ1n) is 9.41. The van der Waals surface area contributed by atoms with Crippen molar-refractivity contribution in [2.75, 3.05) is 37.6 Å². The number of rotatable bonds is 2. The normalized spacial score (nSPS) is 19.6. The Hall–Kier alpha value is -2.89. The Kier molecular flexibility index (Phi) is 4.79. The zero-order valence-corrected chi connectivity index (χ0v) is 15.5. The fraction of sp³-hybridized carbons (Fsp3) is 0.381. The van der Waals surface area contributed by atoms with Gasteiger partial charge in [-0.25, -0.2) is 0 Å². The van der Waals surface area contributed by atoms with Crippen LogP contribution in [0.2, 0.25) is 0 Å². The van der Waals surface area contributed by atoms with Gasteiger partial charge in [-0.05, 0) is 23.8 Å². The molecule has 0 aliphatic carbocycles. The van der Waals surface area contributed by atoms with Crippen LogP contribution in [0.25, 0.3) is 0 Å². The van der Waals surface area contributed by atoms with Crippen molar-refractivity contribution in [1.82, 2.24) is 14.8 Å². The van der Waals surface area contributed by atoms with E-state index in [-0.39, 0.29) is 17.7 Å². The Morgan fingerprint density at radius 2 is 1.70 bits per heavy atom. The lowest BCUT2D eigenvalue weighted by molar-refractivity contribution is -0.136. The minimum absolute atomic E-state index is 0.00352. The molecule has 140 valence electrons. The van der Waals surface area contributed by atoms with E-state index in [2.05, 4.69) is 22.0 Å². The largest absolute Gasteiger partial charge is 0.368 e. The second-order valence-corrected chi connectivity index (χ2v) is 7.15. The molecule has 1 fully saturated rings. The second kappa shape index (κ2) is 7.39. The predicted molar refractivity (Wildman–Crippen MR) is 103 cm³/mol. The Bertz CT molecular complexity index is 831. The molecule has 1 unspecified atom stereocenters. The van der Waals surface area contributed by atoms with E-state index < -0.39 is 0 Å². The minimum Gasteiger partial charge on any atom is -0.368 e. The Balaban J connectivity index is 1.49. The van der Waals surface area contributed by atoms with Crippen molar-refractivity contribution in [2.24, 2.45) is 0 Å². The molecule has 1 saturated heterocycles. The predicted octanol–water partition coefficient (Wildman–Crippen LogP) is 1.88. The van der Waals surface area contributed by atoms with Gasteiger partial charge < -0.3 is 14.7 Å². The third kappa shape index (κ3) is 3.52. The number of benzene rings is 1. The molecular weight excluding hydrogens is 340 g/mol. The fourth-order valence-corrected chi connectivity index (χ4v) is 3.95. The van der Waals surface area contributed by atoms with Crippen LogP contribution in [0, 0.1) is 0 Å². The van der Waals surface area contributed by atoms with Gasteiger partial charge in [0.2, 0.25) is 11.8 Å². The van der Waals surface area contributed by atoms with Crippen molar-refractivity contribution in [2.45, 2.75) is 19.4 Å². The highest BCUT2D eigenvalue weighted by Crippen LogP contribution is 2.29. The maximum Gasteiger partial charge on any atom is 0.233 e. The molecule has 1 atom stereocenters. The number of anilines is 1. The number of hydrogen-bond acceptors (Lipinski definition) is 4. The highest BCUT2D eigenvalue weighted by atomic mass is 16.2. The number of pyridine rings is 1. The van der Waals surface area contributed by atoms with Gasteiger partial charge in [-0.1, -0.05) is 24.3 Å². The summed E-state index contributed by atoms with van der Waals surface area (Å²) in [6.45, 7) is 5.50. The number of carbonyl (C=O) groups excluding carboxylic acids is 2. The molecule has 2 aliphatic heterocycles. The van der Waals surface area contributed by atoms with Crippen LogP contribution in [0.1, 0.15) is 24.1 Å². The summed E-state index contributed by atoms with van der Waals surface area (Å²) in [5.74, 6) is -0.299. The highest BCUT2D eigenvalue weighted by Gasteiger charge is 2.36. The van der Waals surface area contributed by atoms with E-state index in [4.69, 9.17) is 0 Å². The molecule has 27 heavy (non-hydrogen) atoms. The molecule has 1 aromatic heterocycles. The molecule has 0 radical (unpaired) electrons. The number of para-hydroxylation sites is 1. The van der Waals surface area contributed by atoms with E-state index in [0.29, 0.717) is 26.2 Å². The van der Waals surface area contributed by atoms with E-state index in [1.54, 1.807) is 18.0 Å². The molecule has 2 amide bonds. The summed E-state index contributed by atoms with van der Waals surface area (Å²) in [4.78, 5) is 35.6. The molecule has 0 N–H and O–H groups in total. The van der Waals surface area contributed by atoms with Crippen LogP contribution in [-0.4, -0.2) is 59.3 Å². The third-order valence-electron chi connectivity index (χ3n) is 5.48. The van der Waals surface area contributed by atoms with E-state index in [0.717, 1.165) is 24.3 Å². The number of carbonyl (C=O) groups is 2. The lowest BCUT2D eigenvalue weighted by Gasteiger charge is -2.39. The minimum atomic E-state index is -0.373. The van der Waals surface area contributed by atoms with Gasteiger partial charge in [0.15, 0.2) is 0 Å².